The van der Waals surface area contributed by atoms with Gasteiger partial charge in [0.2, 0.25) is 0 Å². The summed E-state index contributed by atoms with van der Waals surface area (Å²) in [7, 11) is 0. The van der Waals surface area contributed by atoms with Crippen molar-refractivity contribution in [1.82, 2.24) is 14.8 Å². The van der Waals surface area contributed by atoms with E-state index in [1.807, 2.05) is 18.2 Å². The van der Waals surface area contributed by atoms with Crippen molar-refractivity contribution < 1.29 is 0 Å². The second kappa shape index (κ2) is 4.23. The van der Waals surface area contributed by atoms with E-state index in [0.29, 0.717) is 16.2 Å². The summed E-state index contributed by atoms with van der Waals surface area (Å²) >= 11 is 5.72. The maximum Gasteiger partial charge on any atom is 0.279 e. The summed E-state index contributed by atoms with van der Waals surface area (Å²) in [5, 5.41) is 5.96. The minimum absolute atomic E-state index is 0.169. The molecular weight excluding hydrogens is 250 g/mol. The zero-order chi connectivity index (χ0) is 12.5. The average Bonchev–Trinajstić information content (AvgIpc) is 2.41. The molecule has 0 bridgehead atoms. The van der Waals surface area contributed by atoms with Crippen molar-refractivity contribution in [3.8, 4) is 5.69 Å². The van der Waals surface area contributed by atoms with Gasteiger partial charge in [0.25, 0.3) is 5.56 Å². The highest BCUT2D eigenvalue weighted by molar-refractivity contribution is 6.29. The summed E-state index contributed by atoms with van der Waals surface area (Å²) in [5.41, 5.74) is 0.423. The minimum atomic E-state index is -0.169. The first-order valence-electron chi connectivity index (χ1n) is 5.35. The van der Waals surface area contributed by atoms with Crippen molar-refractivity contribution in [2.45, 2.75) is 0 Å². The van der Waals surface area contributed by atoms with E-state index in [1.54, 1.807) is 24.4 Å². The molecule has 1 aromatic carbocycles. The SMILES string of the molecule is O=c1c2ccccc2cnn1-c1ccc(Cl)nc1. The number of hydrogen-bond acceptors (Lipinski definition) is 3. The van der Waals surface area contributed by atoms with Gasteiger partial charge in [0.05, 0.1) is 23.5 Å². The monoisotopic (exact) mass is 257 g/mol. The van der Waals surface area contributed by atoms with Gasteiger partial charge in [-0.15, -0.1) is 0 Å². The van der Waals surface area contributed by atoms with Crippen LogP contribution in [-0.4, -0.2) is 14.8 Å². The van der Waals surface area contributed by atoms with Gasteiger partial charge in [-0.05, 0) is 18.2 Å². The molecule has 2 heterocycles. The molecule has 18 heavy (non-hydrogen) atoms. The van der Waals surface area contributed by atoms with Crippen LogP contribution in [0.15, 0.2) is 53.6 Å². The fourth-order valence-corrected chi connectivity index (χ4v) is 1.88. The van der Waals surface area contributed by atoms with Gasteiger partial charge in [0.15, 0.2) is 0 Å². The number of pyridine rings is 1. The van der Waals surface area contributed by atoms with E-state index in [4.69, 9.17) is 11.6 Å². The third-order valence-corrected chi connectivity index (χ3v) is 2.88. The maximum absolute atomic E-state index is 12.3. The summed E-state index contributed by atoms with van der Waals surface area (Å²) in [4.78, 5) is 16.2. The van der Waals surface area contributed by atoms with Gasteiger partial charge in [0, 0.05) is 5.39 Å². The number of aromatic nitrogens is 3. The lowest BCUT2D eigenvalue weighted by Crippen LogP contribution is -2.20. The Kier molecular flexibility index (Phi) is 2.57. The molecule has 0 unspecified atom stereocenters. The van der Waals surface area contributed by atoms with Crippen LogP contribution in [0.3, 0.4) is 0 Å². The number of nitrogens with zero attached hydrogens (tertiary/aromatic N) is 3. The van der Waals surface area contributed by atoms with Crippen molar-refractivity contribution in [2.24, 2.45) is 0 Å². The number of rotatable bonds is 1. The van der Waals surface area contributed by atoms with Crippen molar-refractivity contribution in [3.63, 3.8) is 0 Å². The first-order chi connectivity index (χ1) is 8.75. The molecule has 0 spiro atoms. The summed E-state index contributed by atoms with van der Waals surface area (Å²) in [6.45, 7) is 0. The molecule has 4 nitrogen and oxygen atoms in total. The molecule has 3 rings (SSSR count). The van der Waals surface area contributed by atoms with Gasteiger partial charge in [-0.1, -0.05) is 29.8 Å². The summed E-state index contributed by atoms with van der Waals surface area (Å²) in [6, 6.07) is 10.7. The number of hydrogen-bond donors (Lipinski definition) is 0. The molecule has 5 heteroatoms. The van der Waals surface area contributed by atoms with E-state index in [-0.39, 0.29) is 5.56 Å². The normalized spacial score (nSPS) is 10.7. The zero-order valence-corrected chi connectivity index (χ0v) is 10.0. The average molecular weight is 258 g/mol. The lowest BCUT2D eigenvalue weighted by molar-refractivity contribution is 0.816. The first kappa shape index (κ1) is 10.9. The van der Waals surface area contributed by atoms with E-state index >= 15 is 0 Å². The molecule has 0 amide bonds. The standard InChI is InChI=1S/C13H8ClN3O/c14-12-6-5-10(8-15-12)17-13(18)11-4-2-1-3-9(11)7-16-17/h1-8H. The highest BCUT2D eigenvalue weighted by Crippen LogP contribution is 2.10. The molecule has 88 valence electrons. The van der Waals surface area contributed by atoms with Gasteiger partial charge >= 0.3 is 0 Å². The molecule has 0 radical (unpaired) electrons. The van der Waals surface area contributed by atoms with E-state index in [9.17, 15) is 4.79 Å². The van der Waals surface area contributed by atoms with Crippen molar-refractivity contribution in [2.75, 3.05) is 0 Å². The topological polar surface area (TPSA) is 47.8 Å². The van der Waals surface area contributed by atoms with Gasteiger partial charge in [-0.2, -0.15) is 9.78 Å². The first-order valence-corrected chi connectivity index (χ1v) is 5.72. The molecule has 0 saturated heterocycles. The van der Waals surface area contributed by atoms with Crippen LogP contribution in [0.4, 0.5) is 0 Å². The Hall–Kier alpha value is -2.20. The maximum atomic E-state index is 12.3. The summed E-state index contributed by atoms with van der Waals surface area (Å²) in [6.07, 6.45) is 3.18. The smallest absolute Gasteiger partial charge is 0.267 e. The fourth-order valence-electron chi connectivity index (χ4n) is 1.77. The fraction of sp³-hybridized carbons (Fsp3) is 0. The Bertz CT molecular complexity index is 765. The van der Waals surface area contributed by atoms with Crippen LogP contribution >= 0.6 is 11.6 Å². The molecule has 0 saturated carbocycles. The number of benzene rings is 1. The highest BCUT2D eigenvalue weighted by atomic mass is 35.5. The second-order valence-electron chi connectivity index (χ2n) is 3.79. The highest BCUT2D eigenvalue weighted by Gasteiger charge is 2.05. The zero-order valence-electron chi connectivity index (χ0n) is 9.25. The molecule has 0 fully saturated rings. The molecule has 2 aromatic heterocycles. The van der Waals surface area contributed by atoms with E-state index in [0.717, 1.165) is 5.39 Å². The van der Waals surface area contributed by atoms with Crippen LogP contribution in [0.1, 0.15) is 0 Å². The molecule has 0 aliphatic heterocycles. The van der Waals surface area contributed by atoms with Crippen LogP contribution < -0.4 is 5.56 Å². The molecule has 0 aliphatic rings. The van der Waals surface area contributed by atoms with E-state index < -0.39 is 0 Å². The second-order valence-corrected chi connectivity index (χ2v) is 4.18. The molecule has 3 aromatic rings. The Morgan fingerprint density at radius 2 is 1.89 bits per heavy atom. The lowest BCUT2D eigenvalue weighted by atomic mass is 10.2. The predicted octanol–water partition coefficient (Wildman–Crippen LogP) is 2.43. The molecular formula is C13H8ClN3O. The van der Waals surface area contributed by atoms with Crippen molar-refractivity contribution >= 4 is 22.4 Å². The summed E-state index contributed by atoms with van der Waals surface area (Å²) < 4.78 is 1.31. The quantitative estimate of drug-likeness (QED) is 0.629. The van der Waals surface area contributed by atoms with E-state index in [1.165, 1.54) is 10.9 Å². The number of fused-ring (bicyclic) bond motifs is 1. The van der Waals surface area contributed by atoms with Crippen molar-refractivity contribution in [1.29, 1.82) is 0 Å². The number of halogens is 1. The van der Waals surface area contributed by atoms with Crippen LogP contribution in [0, 0.1) is 0 Å². The minimum Gasteiger partial charge on any atom is -0.267 e. The third-order valence-electron chi connectivity index (χ3n) is 2.65. The Morgan fingerprint density at radius 3 is 2.67 bits per heavy atom. The largest absolute Gasteiger partial charge is 0.279 e. The molecule has 0 aliphatic carbocycles. The van der Waals surface area contributed by atoms with E-state index in [2.05, 4.69) is 10.1 Å². The molecule has 0 atom stereocenters. The Balaban J connectivity index is 2.27. The van der Waals surface area contributed by atoms with Gasteiger partial charge in [-0.25, -0.2) is 4.98 Å². The van der Waals surface area contributed by atoms with Crippen LogP contribution in [0.5, 0.6) is 0 Å². The Labute approximate surface area is 107 Å². The lowest BCUT2D eigenvalue weighted by Gasteiger charge is -2.05. The molecule has 0 N–H and O–H groups in total. The Morgan fingerprint density at radius 1 is 1.06 bits per heavy atom. The van der Waals surface area contributed by atoms with Gasteiger partial charge in [0.1, 0.15) is 5.15 Å². The third kappa shape index (κ3) is 1.76. The van der Waals surface area contributed by atoms with Gasteiger partial charge < -0.3 is 0 Å². The van der Waals surface area contributed by atoms with Crippen LogP contribution in [0.2, 0.25) is 5.15 Å². The van der Waals surface area contributed by atoms with Crippen LogP contribution in [0.25, 0.3) is 16.5 Å². The summed E-state index contributed by atoms with van der Waals surface area (Å²) in [5.74, 6) is 0. The van der Waals surface area contributed by atoms with Crippen LogP contribution in [-0.2, 0) is 0 Å². The van der Waals surface area contributed by atoms with Crippen molar-refractivity contribution in [3.05, 3.63) is 64.3 Å². The van der Waals surface area contributed by atoms with Gasteiger partial charge in [-0.3, -0.25) is 4.79 Å². The predicted molar refractivity (Wildman–Crippen MR) is 70.1 cm³/mol.